The molecule has 2 rings (SSSR count). The zero-order valence-electron chi connectivity index (χ0n) is 8.75. The highest BCUT2D eigenvalue weighted by molar-refractivity contribution is 5.79. The number of fused-ring (bicyclic) bond motifs is 1. The van der Waals surface area contributed by atoms with Gasteiger partial charge in [-0.15, -0.1) is 0 Å². The molecule has 1 unspecified atom stereocenters. The highest BCUT2D eigenvalue weighted by atomic mass is 14.7. The van der Waals surface area contributed by atoms with Gasteiger partial charge in [-0.3, -0.25) is 4.98 Å². The van der Waals surface area contributed by atoms with Crippen molar-refractivity contribution in [3.8, 4) is 0 Å². The van der Waals surface area contributed by atoms with Crippen molar-refractivity contribution in [2.24, 2.45) is 0 Å². The van der Waals surface area contributed by atoms with Gasteiger partial charge in [0.15, 0.2) is 0 Å². The summed E-state index contributed by atoms with van der Waals surface area (Å²) in [6.45, 7) is 4.49. The maximum atomic E-state index is 4.11. The van der Waals surface area contributed by atoms with E-state index < -0.39 is 0 Å². The van der Waals surface area contributed by atoms with Gasteiger partial charge in [-0.2, -0.15) is 0 Å². The lowest BCUT2D eigenvalue weighted by molar-refractivity contribution is 0.652. The van der Waals surface area contributed by atoms with E-state index in [1.807, 2.05) is 18.5 Å². The molecule has 0 spiro atoms. The number of aromatic amines is 1. The third kappa shape index (κ3) is 1.65. The summed E-state index contributed by atoms with van der Waals surface area (Å²) >= 11 is 0. The van der Waals surface area contributed by atoms with Crippen LogP contribution in [0.3, 0.4) is 0 Å². The first-order valence-corrected chi connectivity index (χ1v) is 5.24. The highest BCUT2D eigenvalue weighted by Gasteiger charge is 2.07. The predicted molar refractivity (Wildman–Crippen MR) is 59.4 cm³/mol. The van der Waals surface area contributed by atoms with Crippen LogP contribution in [0.25, 0.3) is 10.9 Å². The lowest BCUT2D eigenvalue weighted by Crippen LogP contribution is -1.91. The summed E-state index contributed by atoms with van der Waals surface area (Å²) in [5, 5.41) is 1.21. The smallest absolute Gasteiger partial charge is 0.0487 e. The van der Waals surface area contributed by atoms with Gasteiger partial charge in [-0.05, 0) is 24.5 Å². The lowest BCUT2D eigenvalue weighted by Gasteiger charge is -2.06. The number of nitrogens with zero attached hydrogens (tertiary/aromatic N) is 1. The number of rotatable bonds is 3. The Labute approximate surface area is 84.4 Å². The molecule has 0 aliphatic carbocycles. The molecule has 0 aliphatic rings. The molecule has 2 nitrogen and oxygen atoms in total. The van der Waals surface area contributed by atoms with Crippen molar-refractivity contribution in [2.45, 2.75) is 32.6 Å². The van der Waals surface area contributed by atoms with E-state index in [-0.39, 0.29) is 0 Å². The molecule has 74 valence electrons. The number of aromatic nitrogens is 2. The van der Waals surface area contributed by atoms with E-state index in [4.69, 9.17) is 0 Å². The van der Waals surface area contributed by atoms with Crippen LogP contribution >= 0.6 is 0 Å². The van der Waals surface area contributed by atoms with Crippen LogP contribution in [0.1, 0.15) is 38.3 Å². The van der Waals surface area contributed by atoms with E-state index in [0.29, 0.717) is 5.92 Å². The fraction of sp³-hybridized carbons (Fsp3) is 0.417. The maximum Gasteiger partial charge on any atom is 0.0487 e. The first-order valence-electron chi connectivity index (χ1n) is 5.24. The lowest BCUT2D eigenvalue weighted by atomic mass is 10.0. The fourth-order valence-electron chi connectivity index (χ4n) is 1.85. The molecule has 2 heteroatoms. The second kappa shape index (κ2) is 3.82. The minimum absolute atomic E-state index is 0.618. The average molecular weight is 188 g/mol. The Bertz CT molecular complexity index is 384. The van der Waals surface area contributed by atoms with E-state index in [2.05, 4.69) is 29.9 Å². The van der Waals surface area contributed by atoms with Gasteiger partial charge in [-0.1, -0.05) is 20.3 Å². The van der Waals surface area contributed by atoms with Crippen molar-refractivity contribution in [3.05, 3.63) is 30.2 Å². The summed E-state index contributed by atoms with van der Waals surface area (Å²) < 4.78 is 0. The molecular weight excluding hydrogens is 172 g/mol. The van der Waals surface area contributed by atoms with Crippen LogP contribution in [0.5, 0.6) is 0 Å². The summed E-state index contributed by atoms with van der Waals surface area (Å²) in [4.78, 5) is 7.55. The maximum absolute atomic E-state index is 4.11. The molecule has 1 atom stereocenters. The molecule has 0 saturated heterocycles. The van der Waals surface area contributed by atoms with Crippen LogP contribution in [0.15, 0.2) is 24.5 Å². The van der Waals surface area contributed by atoms with Gasteiger partial charge in [0.25, 0.3) is 0 Å². The van der Waals surface area contributed by atoms with Gasteiger partial charge in [0.1, 0.15) is 0 Å². The van der Waals surface area contributed by atoms with E-state index in [1.54, 1.807) is 0 Å². The predicted octanol–water partition coefficient (Wildman–Crippen LogP) is 3.47. The molecule has 0 aliphatic heterocycles. The van der Waals surface area contributed by atoms with E-state index >= 15 is 0 Å². The molecule has 0 amide bonds. The van der Waals surface area contributed by atoms with Crippen molar-refractivity contribution in [1.29, 1.82) is 0 Å². The van der Waals surface area contributed by atoms with Gasteiger partial charge >= 0.3 is 0 Å². The Balaban J connectivity index is 2.35. The molecule has 0 bridgehead atoms. The Hall–Kier alpha value is -1.31. The van der Waals surface area contributed by atoms with Gasteiger partial charge < -0.3 is 4.98 Å². The van der Waals surface area contributed by atoms with Gasteiger partial charge in [0.05, 0.1) is 0 Å². The third-order valence-electron chi connectivity index (χ3n) is 2.69. The van der Waals surface area contributed by atoms with Crippen molar-refractivity contribution in [1.82, 2.24) is 9.97 Å². The molecule has 2 aromatic rings. The number of nitrogens with one attached hydrogen (secondary N) is 1. The monoisotopic (exact) mass is 188 g/mol. The molecule has 2 aromatic heterocycles. The second-order valence-electron chi connectivity index (χ2n) is 3.88. The third-order valence-corrected chi connectivity index (χ3v) is 2.69. The van der Waals surface area contributed by atoms with Crippen LogP contribution in [-0.4, -0.2) is 9.97 Å². The van der Waals surface area contributed by atoms with Crippen molar-refractivity contribution < 1.29 is 0 Å². The molecule has 2 heterocycles. The Morgan fingerprint density at radius 2 is 2.36 bits per heavy atom. The van der Waals surface area contributed by atoms with E-state index in [1.165, 1.54) is 29.4 Å². The van der Waals surface area contributed by atoms with Crippen molar-refractivity contribution in [3.63, 3.8) is 0 Å². The fourth-order valence-corrected chi connectivity index (χ4v) is 1.85. The van der Waals surface area contributed by atoms with E-state index in [0.717, 1.165) is 0 Å². The van der Waals surface area contributed by atoms with E-state index in [9.17, 15) is 0 Å². The summed E-state index contributed by atoms with van der Waals surface area (Å²) in [7, 11) is 0. The number of H-pyrrole nitrogens is 1. The Morgan fingerprint density at radius 3 is 3.07 bits per heavy atom. The number of pyridine rings is 1. The minimum atomic E-state index is 0.618. The normalized spacial score (nSPS) is 13.3. The molecule has 0 saturated carbocycles. The summed E-state index contributed by atoms with van der Waals surface area (Å²) in [5.74, 6) is 0.618. The molecule has 0 radical (unpaired) electrons. The first-order chi connectivity index (χ1) is 6.81. The summed E-state index contributed by atoms with van der Waals surface area (Å²) in [5.41, 5.74) is 2.52. The molecular formula is C12H16N2. The van der Waals surface area contributed by atoms with Crippen LogP contribution < -0.4 is 0 Å². The van der Waals surface area contributed by atoms with Gasteiger partial charge in [0, 0.05) is 29.0 Å². The van der Waals surface area contributed by atoms with Gasteiger partial charge in [0.2, 0.25) is 0 Å². The largest absolute Gasteiger partial charge is 0.358 e. The number of hydrogen-bond acceptors (Lipinski definition) is 1. The Kier molecular flexibility index (Phi) is 2.53. The molecule has 14 heavy (non-hydrogen) atoms. The standard InChI is InChI=1S/C12H16N2/c1-3-4-9(2)12-7-10-8-13-6-5-11(10)14-12/h5-9,14H,3-4H2,1-2H3. The van der Waals surface area contributed by atoms with Crippen LogP contribution in [0.2, 0.25) is 0 Å². The first kappa shape index (κ1) is 9.25. The molecule has 0 fully saturated rings. The topological polar surface area (TPSA) is 28.7 Å². The van der Waals surface area contributed by atoms with Crippen LogP contribution in [-0.2, 0) is 0 Å². The number of hydrogen-bond donors (Lipinski definition) is 1. The second-order valence-corrected chi connectivity index (χ2v) is 3.88. The van der Waals surface area contributed by atoms with Crippen LogP contribution in [0.4, 0.5) is 0 Å². The summed E-state index contributed by atoms with van der Waals surface area (Å²) in [6, 6.07) is 4.24. The zero-order valence-corrected chi connectivity index (χ0v) is 8.75. The molecule has 1 N–H and O–H groups in total. The van der Waals surface area contributed by atoms with Crippen molar-refractivity contribution >= 4 is 10.9 Å². The zero-order chi connectivity index (χ0) is 9.97. The van der Waals surface area contributed by atoms with Crippen LogP contribution in [0, 0.1) is 0 Å². The summed E-state index contributed by atoms with van der Waals surface area (Å²) in [6.07, 6.45) is 6.20. The average Bonchev–Trinajstić information content (AvgIpc) is 2.61. The highest BCUT2D eigenvalue weighted by Crippen LogP contribution is 2.23. The SMILES string of the molecule is CCCC(C)c1cc2cnccc2[nH]1. The van der Waals surface area contributed by atoms with Gasteiger partial charge in [-0.25, -0.2) is 0 Å². The quantitative estimate of drug-likeness (QED) is 0.785. The minimum Gasteiger partial charge on any atom is -0.358 e. The Morgan fingerprint density at radius 1 is 1.50 bits per heavy atom. The van der Waals surface area contributed by atoms with Crippen molar-refractivity contribution in [2.75, 3.05) is 0 Å². The molecule has 0 aromatic carbocycles.